The van der Waals surface area contributed by atoms with Gasteiger partial charge in [0.05, 0.1) is 29.4 Å². The molecule has 6 rings (SSSR count). The summed E-state index contributed by atoms with van der Waals surface area (Å²) in [6.07, 6.45) is -14.6. The van der Waals surface area contributed by atoms with Crippen LogP contribution >= 0.6 is 0 Å². The number of hydrogen-bond acceptors (Lipinski definition) is 11. The second-order valence-corrected chi connectivity index (χ2v) is 12.9. The van der Waals surface area contributed by atoms with Crippen molar-refractivity contribution in [3.8, 4) is 11.6 Å². The van der Waals surface area contributed by atoms with E-state index in [2.05, 4.69) is 5.10 Å². The zero-order valence-electron chi connectivity index (χ0n) is 30.8. The van der Waals surface area contributed by atoms with Gasteiger partial charge in [-0.05, 0) is 60.3 Å². The van der Waals surface area contributed by atoms with Crippen molar-refractivity contribution in [1.82, 2.24) is 9.78 Å². The topological polar surface area (TPSA) is 148 Å². The van der Waals surface area contributed by atoms with Gasteiger partial charge in [0, 0.05) is 19.4 Å². The number of nitrogens with zero attached hydrogens (tertiary/aromatic N) is 2. The minimum absolute atomic E-state index is 0.000156. The Morgan fingerprint density at radius 2 is 1.33 bits per heavy atom. The third-order valence-electron chi connectivity index (χ3n) is 8.98. The van der Waals surface area contributed by atoms with Crippen LogP contribution in [0.5, 0.6) is 11.6 Å². The Morgan fingerprint density at radius 1 is 0.793 bits per heavy atom. The lowest BCUT2D eigenvalue weighted by molar-refractivity contribution is -0.265. The van der Waals surface area contributed by atoms with Gasteiger partial charge in [-0.2, -0.15) is 18.3 Å². The van der Waals surface area contributed by atoms with Gasteiger partial charge in [-0.25, -0.2) is 23.5 Å². The Balaban J connectivity index is 1.45. The van der Waals surface area contributed by atoms with Crippen molar-refractivity contribution in [3.63, 3.8) is 0 Å². The van der Waals surface area contributed by atoms with Crippen LogP contribution in [0.4, 0.5) is 17.6 Å². The van der Waals surface area contributed by atoms with Crippen LogP contribution in [0.15, 0.2) is 115 Å². The molecule has 12 nitrogen and oxygen atoms in total. The van der Waals surface area contributed by atoms with Gasteiger partial charge in [0.25, 0.3) is 0 Å². The van der Waals surface area contributed by atoms with Gasteiger partial charge < -0.3 is 33.8 Å². The van der Waals surface area contributed by atoms with Gasteiger partial charge in [-0.15, -0.1) is 0 Å². The largest absolute Gasteiger partial charge is 0.497 e. The van der Waals surface area contributed by atoms with Crippen LogP contribution in [0.3, 0.4) is 0 Å². The van der Waals surface area contributed by atoms with Crippen molar-refractivity contribution < 1.29 is 60.4 Å². The van der Waals surface area contributed by atoms with Gasteiger partial charge in [0.15, 0.2) is 18.0 Å². The normalized spacial score (nSPS) is 19.1. The first-order chi connectivity index (χ1) is 28.0. The van der Waals surface area contributed by atoms with Gasteiger partial charge in [0.2, 0.25) is 18.3 Å². The van der Waals surface area contributed by atoms with E-state index in [1.807, 2.05) is 0 Å². The molecule has 5 aromatic rings. The van der Waals surface area contributed by atoms with Crippen LogP contribution in [-0.2, 0) is 38.1 Å². The predicted octanol–water partition coefficient (Wildman–Crippen LogP) is 7.29. The van der Waals surface area contributed by atoms with Crippen LogP contribution < -0.4 is 9.47 Å². The number of carbonyl (C=O) groups excluding carboxylic acids is 3. The molecule has 0 amide bonds. The number of aromatic nitrogens is 2. The maximum absolute atomic E-state index is 16.8. The highest BCUT2D eigenvalue weighted by Crippen LogP contribution is 2.40. The minimum Gasteiger partial charge on any atom is -0.497 e. The Morgan fingerprint density at radius 3 is 1.84 bits per heavy atom. The molecule has 0 saturated carbocycles. The first kappa shape index (κ1) is 41.1. The molecule has 4 aromatic carbocycles. The second kappa shape index (κ2) is 18.6. The number of alkyl halides is 4. The molecule has 1 N–H and O–H groups in total. The Labute approximate surface area is 329 Å². The van der Waals surface area contributed by atoms with Gasteiger partial charge in [0.1, 0.15) is 18.5 Å². The van der Waals surface area contributed by atoms with Crippen molar-refractivity contribution in [1.29, 1.82) is 5.41 Å². The highest BCUT2D eigenvalue weighted by atomic mass is 19.4. The molecule has 0 bridgehead atoms. The van der Waals surface area contributed by atoms with E-state index in [-0.39, 0.29) is 29.7 Å². The number of nitrogens with one attached hydrogen (secondary N) is 1. The molecule has 0 spiro atoms. The SMILES string of the molecule is COc1ccc(Cc2c(C(F)(F)F)nn(CCC=N)c2O[C@@H]2OC(COC(=O)c3ccccc3)[C@@H](F)[C@H](OC(=O)c3ccccc3)[C@H]2OC(=O)c2ccccc2)cc1. The summed E-state index contributed by atoms with van der Waals surface area (Å²) in [5.41, 5.74) is -1.27. The van der Waals surface area contributed by atoms with Gasteiger partial charge >= 0.3 is 24.1 Å². The molecular weight excluding hydrogens is 766 g/mol. The van der Waals surface area contributed by atoms with Crippen molar-refractivity contribution in [2.75, 3.05) is 13.7 Å². The van der Waals surface area contributed by atoms with E-state index >= 15 is 4.39 Å². The van der Waals surface area contributed by atoms with Crippen LogP contribution in [0, 0.1) is 5.41 Å². The molecule has 1 aliphatic rings. The summed E-state index contributed by atoms with van der Waals surface area (Å²) in [7, 11) is 1.43. The molecule has 1 fully saturated rings. The number of hydrogen-bond donors (Lipinski definition) is 1. The van der Waals surface area contributed by atoms with Crippen molar-refractivity contribution in [3.05, 3.63) is 149 Å². The van der Waals surface area contributed by atoms with Gasteiger partial charge in [-0.3, -0.25) is 0 Å². The highest BCUT2D eigenvalue weighted by Gasteiger charge is 2.53. The third-order valence-corrected chi connectivity index (χ3v) is 8.98. The lowest BCUT2D eigenvalue weighted by Gasteiger charge is -2.42. The van der Waals surface area contributed by atoms with Crippen molar-refractivity contribution in [2.24, 2.45) is 0 Å². The van der Waals surface area contributed by atoms with Gasteiger partial charge in [-0.1, -0.05) is 66.7 Å². The molecule has 58 heavy (non-hydrogen) atoms. The van der Waals surface area contributed by atoms with E-state index in [4.69, 9.17) is 33.8 Å². The number of aryl methyl sites for hydroxylation is 1. The van der Waals surface area contributed by atoms with Crippen molar-refractivity contribution in [2.45, 2.75) is 56.3 Å². The number of methoxy groups -OCH3 is 1. The molecule has 0 radical (unpaired) electrons. The van der Waals surface area contributed by atoms with E-state index in [9.17, 15) is 27.6 Å². The van der Waals surface area contributed by atoms with Crippen LogP contribution in [0.1, 0.15) is 54.3 Å². The van der Waals surface area contributed by atoms with E-state index in [0.717, 1.165) is 10.9 Å². The summed E-state index contributed by atoms with van der Waals surface area (Å²) >= 11 is 0. The zero-order chi connectivity index (χ0) is 41.2. The Bertz CT molecular complexity index is 2170. The summed E-state index contributed by atoms with van der Waals surface area (Å²) in [5.74, 6) is -2.99. The average molecular weight is 804 g/mol. The smallest absolute Gasteiger partial charge is 0.435 e. The number of carbonyl (C=O) groups is 3. The monoisotopic (exact) mass is 803 g/mol. The van der Waals surface area contributed by atoms with E-state index in [1.54, 1.807) is 54.6 Å². The van der Waals surface area contributed by atoms with Crippen LogP contribution in [0.25, 0.3) is 0 Å². The fourth-order valence-corrected chi connectivity index (χ4v) is 6.10. The summed E-state index contributed by atoms with van der Waals surface area (Å²) in [4.78, 5) is 40.1. The number of rotatable bonds is 15. The number of ether oxygens (including phenoxy) is 6. The third kappa shape index (κ3) is 9.87. The van der Waals surface area contributed by atoms with Crippen molar-refractivity contribution >= 4 is 24.1 Å². The number of benzene rings is 4. The average Bonchev–Trinajstić information content (AvgIpc) is 3.59. The van der Waals surface area contributed by atoms with Crippen LogP contribution in [0.2, 0.25) is 0 Å². The van der Waals surface area contributed by atoms with E-state index in [0.29, 0.717) is 11.3 Å². The summed E-state index contributed by atoms with van der Waals surface area (Å²) in [5, 5.41) is 11.4. The molecular formula is C42H37F4N3O9. The van der Waals surface area contributed by atoms with Crippen LogP contribution in [-0.4, -0.2) is 78.4 Å². The zero-order valence-corrected chi connectivity index (χ0v) is 30.8. The number of halogens is 4. The molecule has 1 saturated heterocycles. The summed E-state index contributed by atoms with van der Waals surface area (Å²) in [6, 6.07) is 29.0. The quantitative estimate of drug-likeness (QED) is 0.0495. The molecule has 5 atom stereocenters. The summed E-state index contributed by atoms with van der Waals surface area (Å²) in [6.45, 7) is -1.06. The highest BCUT2D eigenvalue weighted by molar-refractivity contribution is 5.90. The summed E-state index contributed by atoms with van der Waals surface area (Å²) < 4.78 is 96.3. The minimum atomic E-state index is -5.01. The molecule has 302 valence electrons. The molecule has 2 heterocycles. The Kier molecular flexibility index (Phi) is 13.2. The lowest BCUT2D eigenvalue weighted by atomic mass is 9.99. The standard InChI is InChI=1S/C42H37F4N3O9/c1-53-30-20-18-26(19-21-30)24-31-36(42(44,45)46)48-49(23-11-22-47)37(31)58-41-35(57-40(52)29-16-9-4-10-17-29)34(56-39(51)28-14-7-3-8-15-28)33(43)32(55-41)25-54-38(50)27-12-5-2-6-13-27/h2-10,12-22,32-35,41,47H,11,23-25H2,1H3/t32?,33-,34+,35-,41+/m1/s1. The predicted molar refractivity (Wildman–Crippen MR) is 199 cm³/mol. The first-order valence-electron chi connectivity index (χ1n) is 18.0. The fraction of sp³-hybridized carbons (Fsp3) is 0.262. The van der Waals surface area contributed by atoms with E-state index in [1.165, 1.54) is 67.8 Å². The molecule has 1 unspecified atom stereocenters. The molecule has 1 aromatic heterocycles. The first-order valence-corrected chi connectivity index (χ1v) is 18.0. The fourth-order valence-electron chi connectivity index (χ4n) is 6.10. The maximum atomic E-state index is 16.8. The van der Waals surface area contributed by atoms with E-state index < -0.39 is 85.0 Å². The molecule has 16 heteroatoms. The Hall–Kier alpha value is -6.55. The second-order valence-electron chi connectivity index (χ2n) is 12.9. The lowest BCUT2D eigenvalue weighted by Crippen LogP contribution is -2.61. The number of esters is 3. The molecule has 1 aliphatic heterocycles. The maximum Gasteiger partial charge on any atom is 0.435 e. The molecule has 0 aliphatic carbocycles.